The van der Waals surface area contributed by atoms with Gasteiger partial charge < -0.3 is 15.6 Å². The average molecular weight is 265 g/mol. The number of rotatable bonds is 4. The summed E-state index contributed by atoms with van der Waals surface area (Å²) in [6.07, 6.45) is 2.07. The minimum Gasteiger partial charge on any atom is -0.369 e. The highest BCUT2D eigenvalue weighted by Crippen LogP contribution is 2.26. The summed E-state index contributed by atoms with van der Waals surface area (Å²) in [6, 6.07) is 16.8. The lowest BCUT2D eigenvalue weighted by molar-refractivity contribution is 0.921. The van der Waals surface area contributed by atoms with Gasteiger partial charge in [0.1, 0.15) is 0 Å². The van der Waals surface area contributed by atoms with Gasteiger partial charge in [0.05, 0.1) is 5.69 Å². The van der Waals surface area contributed by atoms with Gasteiger partial charge in [-0.15, -0.1) is 0 Å². The molecule has 0 unspecified atom stereocenters. The number of nitrogens with two attached hydrogens (primary N) is 1. The Labute approximate surface area is 119 Å². The molecule has 0 aliphatic rings. The Morgan fingerprint density at radius 2 is 1.85 bits per heavy atom. The predicted octanol–water partition coefficient (Wildman–Crippen LogP) is 3.26. The smallest absolute Gasteiger partial charge is 0.0624 e. The summed E-state index contributed by atoms with van der Waals surface area (Å²) in [4.78, 5) is 5.57. The van der Waals surface area contributed by atoms with Crippen LogP contribution in [0.25, 0.3) is 10.9 Å². The monoisotopic (exact) mass is 265 g/mol. The highest BCUT2D eigenvalue weighted by molar-refractivity contribution is 5.92. The number of hydrogen-bond donors (Lipinski definition) is 2. The number of H-pyrrole nitrogens is 1. The summed E-state index contributed by atoms with van der Waals surface area (Å²) in [7, 11) is 2.12. The maximum Gasteiger partial charge on any atom is 0.0624 e. The predicted molar refractivity (Wildman–Crippen MR) is 84.7 cm³/mol. The van der Waals surface area contributed by atoms with Crippen molar-refractivity contribution in [2.75, 3.05) is 11.9 Å². The number of anilines is 1. The van der Waals surface area contributed by atoms with Gasteiger partial charge in [-0.3, -0.25) is 0 Å². The van der Waals surface area contributed by atoms with E-state index in [1.807, 2.05) is 6.07 Å². The Kier molecular flexibility index (Phi) is 3.44. The van der Waals surface area contributed by atoms with E-state index in [2.05, 4.69) is 65.6 Å². The van der Waals surface area contributed by atoms with E-state index in [1.165, 1.54) is 27.7 Å². The number of nitrogens with zero attached hydrogens (tertiary/aromatic N) is 1. The van der Waals surface area contributed by atoms with E-state index in [0.29, 0.717) is 6.54 Å². The van der Waals surface area contributed by atoms with Crippen LogP contribution in [-0.4, -0.2) is 12.0 Å². The molecule has 3 N–H and O–H groups in total. The zero-order valence-electron chi connectivity index (χ0n) is 11.6. The summed E-state index contributed by atoms with van der Waals surface area (Å²) in [5.74, 6) is 0. The van der Waals surface area contributed by atoms with Crippen LogP contribution in [0.1, 0.15) is 11.1 Å². The van der Waals surface area contributed by atoms with Gasteiger partial charge in [0.2, 0.25) is 0 Å². The Hall–Kier alpha value is -2.26. The van der Waals surface area contributed by atoms with E-state index in [9.17, 15) is 0 Å². The molecule has 3 heteroatoms. The highest BCUT2D eigenvalue weighted by atomic mass is 15.1. The number of aromatic amines is 1. The third-order valence-electron chi connectivity index (χ3n) is 3.63. The van der Waals surface area contributed by atoms with E-state index in [-0.39, 0.29) is 0 Å². The van der Waals surface area contributed by atoms with E-state index in [0.717, 1.165) is 6.54 Å². The van der Waals surface area contributed by atoms with Crippen molar-refractivity contribution in [2.45, 2.75) is 13.1 Å². The van der Waals surface area contributed by atoms with Gasteiger partial charge in [-0.1, -0.05) is 42.5 Å². The largest absolute Gasteiger partial charge is 0.369 e. The van der Waals surface area contributed by atoms with Crippen molar-refractivity contribution in [2.24, 2.45) is 5.73 Å². The molecule has 3 aromatic rings. The van der Waals surface area contributed by atoms with E-state index < -0.39 is 0 Å². The maximum absolute atomic E-state index is 5.70. The van der Waals surface area contributed by atoms with Crippen LogP contribution in [0, 0.1) is 0 Å². The zero-order chi connectivity index (χ0) is 13.9. The normalized spacial score (nSPS) is 10.9. The van der Waals surface area contributed by atoms with Crippen LogP contribution in [-0.2, 0) is 13.1 Å². The molecule has 0 fully saturated rings. The Bertz CT molecular complexity index is 715. The Morgan fingerprint density at radius 1 is 1.05 bits per heavy atom. The molecule has 102 valence electrons. The van der Waals surface area contributed by atoms with Gasteiger partial charge in [0.15, 0.2) is 0 Å². The molecule has 0 aliphatic heterocycles. The zero-order valence-corrected chi connectivity index (χ0v) is 11.6. The van der Waals surface area contributed by atoms with Crippen molar-refractivity contribution in [3.8, 4) is 0 Å². The Morgan fingerprint density at radius 3 is 2.70 bits per heavy atom. The molecule has 1 heterocycles. The first kappa shape index (κ1) is 12.8. The lowest BCUT2D eigenvalue weighted by Crippen LogP contribution is -2.16. The molecule has 0 aliphatic carbocycles. The van der Waals surface area contributed by atoms with Crippen LogP contribution in [0.4, 0.5) is 5.69 Å². The molecule has 3 rings (SSSR count). The van der Waals surface area contributed by atoms with Crippen molar-refractivity contribution < 1.29 is 0 Å². The molecule has 0 saturated carbocycles. The molecule has 0 atom stereocenters. The van der Waals surface area contributed by atoms with Gasteiger partial charge in [-0.25, -0.2) is 0 Å². The lowest BCUT2D eigenvalue weighted by atomic mass is 10.1. The van der Waals surface area contributed by atoms with Gasteiger partial charge in [-0.2, -0.15) is 0 Å². The average Bonchev–Trinajstić information content (AvgIpc) is 2.91. The minimum absolute atomic E-state index is 0.588. The lowest BCUT2D eigenvalue weighted by Gasteiger charge is -2.18. The molecule has 3 nitrogen and oxygen atoms in total. The van der Waals surface area contributed by atoms with E-state index >= 15 is 0 Å². The van der Waals surface area contributed by atoms with Gasteiger partial charge >= 0.3 is 0 Å². The summed E-state index contributed by atoms with van der Waals surface area (Å²) >= 11 is 0. The number of para-hydroxylation sites is 1. The third kappa shape index (κ3) is 2.40. The van der Waals surface area contributed by atoms with Crippen LogP contribution in [0.5, 0.6) is 0 Å². The topological polar surface area (TPSA) is 45.0 Å². The first-order chi connectivity index (χ1) is 9.78. The number of fused-ring (bicyclic) bond motifs is 1. The molecule has 1 aromatic heterocycles. The highest BCUT2D eigenvalue weighted by Gasteiger charge is 2.08. The summed E-state index contributed by atoms with van der Waals surface area (Å²) in [5.41, 5.74) is 10.5. The molecule has 0 bridgehead atoms. The fourth-order valence-corrected chi connectivity index (χ4v) is 2.59. The fraction of sp³-hybridized carbons (Fsp3) is 0.176. The number of benzene rings is 2. The van der Waals surface area contributed by atoms with Crippen molar-refractivity contribution >= 4 is 16.6 Å². The first-order valence-corrected chi connectivity index (χ1v) is 6.83. The van der Waals surface area contributed by atoms with Crippen LogP contribution in [0.15, 0.2) is 54.7 Å². The first-order valence-electron chi connectivity index (χ1n) is 6.83. The van der Waals surface area contributed by atoms with Crippen molar-refractivity contribution in [1.29, 1.82) is 0 Å². The van der Waals surface area contributed by atoms with Crippen molar-refractivity contribution in [3.63, 3.8) is 0 Å². The Balaban J connectivity index is 1.87. The van der Waals surface area contributed by atoms with Crippen molar-refractivity contribution in [1.82, 2.24) is 4.98 Å². The molecular weight excluding hydrogens is 246 g/mol. The van der Waals surface area contributed by atoms with Gasteiger partial charge in [-0.05, 0) is 17.2 Å². The van der Waals surface area contributed by atoms with Gasteiger partial charge in [0, 0.05) is 37.2 Å². The molecule has 0 amide bonds. The molecule has 20 heavy (non-hydrogen) atoms. The minimum atomic E-state index is 0.588. The quantitative estimate of drug-likeness (QED) is 0.760. The number of hydrogen-bond acceptors (Lipinski definition) is 2. The SMILES string of the molecule is CN(Cc1cccc(CN)c1)c1c[nH]c2ccccc12. The van der Waals surface area contributed by atoms with Crippen LogP contribution >= 0.6 is 0 Å². The van der Waals surface area contributed by atoms with Crippen LogP contribution < -0.4 is 10.6 Å². The van der Waals surface area contributed by atoms with E-state index in [4.69, 9.17) is 5.73 Å². The number of nitrogens with one attached hydrogen (secondary N) is 1. The standard InChI is InChI=1S/C17H19N3/c1-20(12-14-6-4-5-13(9-14)10-18)17-11-19-16-8-3-2-7-15(16)17/h2-9,11,19H,10,12,18H2,1H3. The fourth-order valence-electron chi connectivity index (χ4n) is 2.59. The summed E-state index contributed by atoms with van der Waals surface area (Å²) in [5, 5.41) is 1.25. The molecule has 0 saturated heterocycles. The molecule has 2 aromatic carbocycles. The summed E-state index contributed by atoms with van der Waals surface area (Å²) in [6.45, 7) is 1.46. The number of aromatic nitrogens is 1. The second kappa shape index (κ2) is 5.39. The molecule has 0 radical (unpaired) electrons. The van der Waals surface area contributed by atoms with E-state index in [1.54, 1.807) is 0 Å². The van der Waals surface area contributed by atoms with Crippen molar-refractivity contribution in [3.05, 3.63) is 65.9 Å². The second-order valence-electron chi connectivity index (χ2n) is 5.10. The van der Waals surface area contributed by atoms with Crippen LogP contribution in [0.3, 0.4) is 0 Å². The molecular formula is C17H19N3. The third-order valence-corrected chi connectivity index (χ3v) is 3.63. The van der Waals surface area contributed by atoms with Crippen LogP contribution in [0.2, 0.25) is 0 Å². The molecule has 0 spiro atoms. The summed E-state index contributed by atoms with van der Waals surface area (Å²) < 4.78 is 0. The maximum atomic E-state index is 5.70. The second-order valence-corrected chi connectivity index (χ2v) is 5.10. The van der Waals surface area contributed by atoms with Gasteiger partial charge in [0.25, 0.3) is 0 Å².